The fourth-order valence-electron chi connectivity index (χ4n) is 3.92. The molecule has 0 bridgehead atoms. The molecule has 0 radical (unpaired) electrons. The van der Waals surface area contributed by atoms with Gasteiger partial charge in [0.05, 0.1) is 17.0 Å². The zero-order chi connectivity index (χ0) is 22.0. The average Bonchev–Trinajstić information content (AvgIpc) is 3.24. The fraction of sp³-hybridized carbons (Fsp3) is 0.292. The molecule has 1 aliphatic heterocycles. The van der Waals surface area contributed by atoms with Crippen LogP contribution in [0.3, 0.4) is 0 Å². The van der Waals surface area contributed by atoms with Crippen LogP contribution in [0.15, 0.2) is 54.6 Å². The summed E-state index contributed by atoms with van der Waals surface area (Å²) in [5, 5.41) is 12.3. The molecule has 2 aromatic carbocycles. The van der Waals surface area contributed by atoms with Crippen molar-refractivity contribution in [2.75, 3.05) is 0 Å². The maximum atomic E-state index is 11.7. The lowest BCUT2D eigenvalue weighted by molar-refractivity contribution is -0.118. The molecule has 2 N–H and O–H groups in total. The van der Waals surface area contributed by atoms with Crippen LogP contribution in [-0.2, 0) is 24.7 Å². The minimum Gasteiger partial charge on any atom is -0.388 e. The maximum Gasteiger partial charge on any atom is 0.286 e. The molecule has 1 aromatic heterocycles. The molecular weight excluding hydrogens is 410 g/mol. The Morgan fingerprint density at radius 1 is 1.13 bits per heavy atom. The highest BCUT2D eigenvalue weighted by molar-refractivity contribution is 8.15. The van der Waals surface area contributed by atoms with E-state index in [0.717, 1.165) is 45.7 Å². The van der Waals surface area contributed by atoms with Crippen LogP contribution in [0.1, 0.15) is 35.0 Å². The van der Waals surface area contributed by atoms with Crippen molar-refractivity contribution < 1.29 is 14.7 Å². The number of thioether (sulfide) groups is 1. The molecule has 31 heavy (non-hydrogen) atoms. The van der Waals surface area contributed by atoms with Crippen LogP contribution in [0.2, 0.25) is 0 Å². The molecule has 7 heteroatoms. The van der Waals surface area contributed by atoms with Gasteiger partial charge in [-0.2, -0.15) is 0 Å². The minimum absolute atomic E-state index is 0.236. The van der Waals surface area contributed by atoms with Crippen molar-refractivity contribution in [3.8, 4) is 11.4 Å². The first kappa shape index (κ1) is 21.3. The molecule has 2 atom stereocenters. The SMILES string of the molecule is Cc1nc(-c2ccccc2)n(C)c1CCC(O)c1ccc(CC2SC(=O)NC2=O)cc1. The number of nitrogens with one attached hydrogen (secondary N) is 1. The predicted molar refractivity (Wildman–Crippen MR) is 122 cm³/mol. The van der Waals surface area contributed by atoms with Crippen molar-refractivity contribution in [3.63, 3.8) is 0 Å². The molecule has 0 saturated carbocycles. The zero-order valence-electron chi connectivity index (χ0n) is 17.5. The van der Waals surface area contributed by atoms with E-state index in [0.29, 0.717) is 19.3 Å². The summed E-state index contributed by atoms with van der Waals surface area (Å²) in [6.07, 6.45) is 1.21. The smallest absolute Gasteiger partial charge is 0.286 e. The Morgan fingerprint density at radius 2 is 1.84 bits per heavy atom. The van der Waals surface area contributed by atoms with Gasteiger partial charge in [0.25, 0.3) is 5.24 Å². The number of aliphatic hydroxyl groups excluding tert-OH is 1. The molecule has 3 aromatic rings. The van der Waals surface area contributed by atoms with Crippen LogP contribution in [0.25, 0.3) is 11.4 Å². The van der Waals surface area contributed by atoms with Crippen molar-refractivity contribution in [2.45, 2.75) is 37.5 Å². The van der Waals surface area contributed by atoms with Crippen molar-refractivity contribution in [1.82, 2.24) is 14.9 Å². The van der Waals surface area contributed by atoms with Gasteiger partial charge in [-0.05, 0) is 37.3 Å². The van der Waals surface area contributed by atoms with Crippen molar-refractivity contribution in [3.05, 3.63) is 77.1 Å². The first-order chi connectivity index (χ1) is 14.9. The van der Waals surface area contributed by atoms with Crippen molar-refractivity contribution in [1.29, 1.82) is 0 Å². The summed E-state index contributed by atoms with van der Waals surface area (Å²) in [7, 11) is 2.01. The molecule has 2 unspecified atom stereocenters. The number of aliphatic hydroxyl groups is 1. The largest absolute Gasteiger partial charge is 0.388 e. The number of imide groups is 1. The van der Waals surface area contributed by atoms with E-state index in [4.69, 9.17) is 4.98 Å². The molecule has 1 fully saturated rings. The average molecular weight is 436 g/mol. The third kappa shape index (κ3) is 4.73. The second-order valence-electron chi connectivity index (χ2n) is 7.78. The molecule has 2 amide bonds. The van der Waals surface area contributed by atoms with E-state index in [-0.39, 0.29) is 16.4 Å². The molecular formula is C24H25N3O3S. The Kier molecular flexibility index (Phi) is 6.25. The summed E-state index contributed by atoms with van der Waals surface area (Å²) in [6.45, 7) is 2.00. The van der Waals surface area contributed by atoms with Gasteiger partial charge in [0.2, 0.25) is 5.91 Å². The number of aryl methyl sites for hydroxylation is 1. The number of rotatable bonds is 7. The first-order valence-electron chi connectivity index (χ1n) is 10.3. The Labute approximate surface area is 185 Å². The van der Waals surface area contributed by atoms with E-state index >= 15 is 0 Å². The van der Waals surface area contributed by atoms with Gasteiger partial charge in [-0.25, -0.2) is 4.98 Å². The lowest BCUT2D eigenvalue weighted by atomic mass is 10.0. The topological polar surface area (TPSA) is 84.2 Å². The third-order valence-electron chi connectivity index (χ3n) is 5.65. The van der Waals surface area contributed by atoms with Crippen LogP contribution in [-0.4, -0.2) is 31.1 Å². The van der Waals surface area contributed by atoms with Gasteiger partial charge < -0.3 is 9.67 Å². The quantitative estimate of drug-likeness (QED) is 0.587. The number of imidazole rings is 1. The number of carbonyl (C=O) groups excluding carboxylic acids is 2. The Hall–Kier alpha value is -2.90. The number of hydrogen-bond acceptors (Lipinski definition) is 5. The van der Waals surface area contributed by atoms with Crippen molar-refractivity contribution in [2.24, 2.45) is 7.05 Å². The second-order valence-corrected chi connectivity index (χ2v) is 8.95. The summed E-state index contributed by atoms with van der Waals surface area (Å²) in [5.41, 5.74) is 4.97. The molecule has 2 heterocycles. The summed E-state index contributed by atoms with van der Waals surface area (Å²) in [6, 6.07) is 17.7. The van der Waals surface area contributed by atoms with E-state index in [1.807, 2.05) is 68.6 Å². The highest BCUT2D eigenvalue weighted by Crippen LogP contribution is 2.26. The Bertz CT molecular complexity index is 1090. The molecule has 1 saturated heterocycles. The first-order valence-corrected chi connectivity index (χ1v) is 11.2. The number of hydrogen-bond donors (Lipinski definition) is 2. The van der Waals surface area contributed by atoms with Gasteiger partial charge >= 0.3 is 0 Å². The van der Waals surface area contributed by atoms with Gasteiger partial charge in [-0.15, -0.1) is 0 Å². The van der Waals surface area contributed by atoms with E-state index < -0.39 is 6.10 Å². The van der Waals surface area contributed by atoms with Crippen LogP contribution >= 0.6 is 11.8 Å². The molecule has 0 spiro atoms. The van der Waals surface area contributed by atoms with Crippen molar-refractivity contribution >= 4 is 22.9 Å². The Balaban J connectivity index is 1.39. The lowest BCUT2D eigenvalue weighted by Crippen LogP contribution is -2.25. The summed E-state index contributed by atoms with van der Waals surface area (Å²) >= 11 is 1.03. The highest BCUT2D eigenvalue weighted by Gasteiger charge is 2.31. The third-order valence-corrected chi connectivity index (χ3v) is 6.63. The van der Waals surface area contributed by atoms with Crippen LogP contribution in [0.4, 0.5) is 4.79 Å². The van der Waals surface area contributed by atoms with Crippen LogP contribution < -0.4 is 5.32 Å². The predicted octanol–water partition coefficient (Wildman–Crippen LogP) is 3.96. The van der Waals surface area contributed by atoms with Gasteiger partial charge in [-0.1, -0.05) is 66.4 Å². The van der Waals surface area contributed by atoms with E-state index in [2.05, 4.69) is 9.88 Å². The van der Waals surface area contributed by atoms with E-state index in [9.17, 15) is 14.7 Å². The summed E-state index contributed by atoms with van der Waals surface area (Å²) < 4.78 is 2.10. The van der Waals surface area contributed by atoms with Gasteiger partial charge in [0.1, 0.15) is 5.82 Å². The number of carbonyl (C=O) groups is 2. The van der Waals surface area contributed by atoms with Gasteiger partial charge in [-0.3, -0.25) is 14.9 Å². The molecule has 0 aliphatic carbocycles. The zero-order valence-corrected chi connectivity index (χ0v) is 18.4. The van der Waals surface area contributed by atoms with E-state index in [1.165, 1.54) is 0 Å². The summed E-state index contributed by atoms with van der Waals surface area (Å²) in [5.74, 6) is 0.694. The van der Waals surface area contributed by atoms with Crippen LogP contribution in [0, 0.1) is 6.92 Å². The lowest BCUT2D eigenvalue weighted by Gasteiger charge is -2.13. The number of amides is 2. The standard InChI is InChI=1S/C24H25N3O3S/c1-15-19(27(2)22(25-15)18-6-4-3-5-7-18)12-13-20(28)17-10-8-16(9-11-17)14-21-23(29)26-24(30)31-21/h3-11,20-21,28H,12-14H2,1-2H3,(H,26,29,30). The highest BCUT2D eigenvalue weighted by atomic mass is 32.2. The number of aromatic nitrogens is 2. The number of nitrogens with zero attached hydrogens (tertiary/aromatic N) is 2. The second kappa shape index (κ2) is 9.08. The summed E-state index contributed by atoms with van der Waals surface area (Å²) in [4.78, 5) is 27.8. The normalized spacial score (nSPS) is 17.1. The monoisotopic (exact) mass is 435 g/mol. The van der Waals surface area contributed by atoms with Crippen LogP contribution in [0.5, 0.6) is 0 Å². The number of benzene rings is 2. The molecule has 6 nitrogen and oxygen atoms in total. The van der Waals surface area contributed by atoms with E-state index in [1.54, 1.807) is 0 Å². The Morgan fingerprint density at radius 3 is 2.48 bits per heavy atom. The fourth-order valence-corrected chi connectivity index (χ4v) is 4.78. The molecule has 1 aliphatic rings. The molecule has 4 rings (SSSR count). The van der Waals surface area contributed by atoms with Gasteiger partial charge in [0, 0.05) is 18.3 Å². The van der Waals surface area contributed by atoms with Gasteiger partial charge in [0.15, 0.2) is 0 Å². The minimum atomic E-state index is -0.589. The molecule has 160 valence electrons. The maximum absolute atomic E-state index is 11.7.